The van der Waals surface area contributed by atoms with Gasteiger partial charge in [-0.3, -0.25) is 4.79 Å². The van der Waals surface area contributed by atoms with E-state index >= 15 is 0 Å². The predicted molar refractivity (Wildman–Crippen MR) is 62.3 cm³/mol. The number of aromatic nitrogens is 2. The molecule has 1 aliphatic heterocycles. The highest BCUT2D eigenvalue weighted by molar-refractivity contribution is 4.89. The number of hydrogen-bond acceptors (Lipinski definition) is 5. The van der Waals surface area contributed by atoms with Crippen LogP contribution in [0.5, 0.6) is 0 Å². The van der Waals surface area contributed by atoms with E-state index in [1.54, 1.807) is 0 Å². The Hall–Kier alpha value is -1.44. The molecule has 0 aromatic carbocycles. The van der Waals surface area contributed by atoms with Crippen LogP contribution < -0.4 is 11.2 Å². The van der Waals surface area contributed by atoms with Gasteiger partial charge < -0.3 is 19.6 Å². The Balaban J connectivity index is 2.26. The van der Waals surface area contributed by atoms with Crippen molar-refractivity contribution in [1.82, 2.24) is 9.55 Å². The molecule has 1 fully saturated rings. The molecule has 18 heavy (non-hydrogen) atoms. The van der Waals surface area contributed by atoms with Gasteiger partial charge in [-0.05, 0) is 6.92 Å². The fourth-order valence-corrected chi connectivity index (χ4v) is 2.12. The van der Waals surface area contributed by atoms with Crippen LogP contribution in [-0.2, 0) is 9.47 Å². The molecule has 0 aliphatic carbocycles. The maximum atomic E-state index is 11.6. The molecule has 1 unspecified atom stereocenters. The second-order valence-corrected chi connectivity index (χ2v) is 4.03. The molecule has 7 nitrogen and oxygen atoms in total. The number of H-pyrrole nitrogens is 1. The monoisotopic (exact) mass is 256 g/mol. The molecule has 0 radical (unpaired) electrons. The molecule has 1 aromatic rings. The molecule has 0 saturated carbocycles. The fourth-order valence-electron chi connectivity index (χ4n) is 2.12. The molecule has 2 rings (SSSR count). The average Bonchev–Trinajstić information content (AvgIpc) is 2.72. The van der Waals surface area contributed by atoms with E-state index < -0.39 is 23.6 Å². The first-order valence-electron chi connectivity index (χ1n) is 5.85. The Morgan fingerprint density at radius 1 is 1.61 bits per heavy atom. The van der Waals surface area contributed by atoms with Gasteiger partial charge in [-0.25, -0.2) is 9.36 Å². The smallest absolute Gasteiger partial charge is 0.330 e. The fraction of sp³-hybridized carbons (Fsp3) is 0.636. The minimum Gasteiger partial charge on any atom is -0.394 e. The molecule has 3 atom stereocenters. The van der Waals surface area contributed by atoms with Crippen LogP contribution in [0, 0.1) is 0 Å². The minimum absolute atomic E-state index is 0.208. The first-order chi connectivity index (χ1) is 8.67. The van der Waals surface area contributed by atoms with E-state index in [9.17, 15) is 14.7 Å². The van der Waals surface area contributed by atoms with Crippen molar-refractivity contribution < 1.29 is 14.6 Å². The quantitative estimate of drug-likeness (QED) is 0.737. The SMILES string of the molecule is CCOC1C[C@H](n2c(=O)cc[nH]c2=O)O[C@@H]1CO. The molecule has 2 N–H and O–H groups in total. The number of aliphatic hydroxyl groups is 1. The molecule has 0 spiro atoms. The lowest BCUT2D eigenvalue weighted by Gasteiger charge is -2.15. The summed E-state index contributed by atoms with van der Waals surface area (Å²) in [6.45, 7) is 2.11. The average molecular weight is 256 g/mol. The summed E-state index contributed by atoms with van der Waals surface area (Å²) >= 11 is 0. The lowest BCUT2D eigenvalue weighted by Crippen LogP contribution is -2.37. The summed E-state index contributed by atoms with van der Waals surface area (Å²) in [5.74, 6) is 0. The summed E-state index contributed by atoms with van der Waals surface area (Å²) in [5, 5.41) is 9.19. The van der Waals surface area contributed by atoms with Crippen molar-refractivity contribution in [2.45, 2.75) is 31.8 Å². The number of rotatable bonds is 4. The van der Waals surface area contributed by atoms with Crippen molar-refractivity contribution in [3.8, 4) is 0 Å². The van der Waals surface area contributed by atoms with Gasteiger partial charge >= 0.3 is 5.69 Å². The van der Waals surface area contributed by atoms with Crippen molar-refractivity contribution >= 4 is 0 Å². The van der Waals surface area contributed by atoms with Crippen LogP contribution >= 0.6 is 0 Å². The van der Waals surface area contributed by atoms with E-state index in [1.807, 2.05) is 6.92 Å². The maximum Gasteiger partial charge on any atom is 0.330 e. The molecule has 0 bridgehead atoms. The topological polar surface area (TPSA) is 93.6 Å². The predicted octanol–water partition coefficient (Wildman–Crippen LogP) is -0.778. The number of nitrogens with one attached hydrogen (secondary N) is 1. The van der Waals surface area contributed by atoms with Crippen LogP contribution in [0.1, 0.15) is 19.6 Å². The van der Waals surface area contributed by atoms with Crippen LogP contribution in [0.3, 0.4) is 0 Å². The van der Waals surface area contributed by atoms with Gasteiger partial charge in [0.2, 0.25) is 0 Å². The van der Waals surface area contributed by atoms with E-state index in [-0.39, 0.29) is 12.7 Å². The molecule has 7 heteroatoms. The number of aliphatic hydroxyl groups excluding tert-OH is 1. The van der Waals surface area contributed by atoms with Gasteiger partial charge in [0.1, 0.15) is 12.3 Å². The van der Waals surface area contributed by atoms with Gasteiger partial charge in [-0.15, -0.1) is 0 Å². The van der Waals surface area contributed by atoms with Crippen LogP contribution in [0.25, 0.3) is 0 Å². The zero-order chi connectivity index (χ0) is 13.1. The van der Waals surface area contributed by atoms with Gasteiger partial charge in [0.25, 0.3) is 5.56 Å². The minimum atomic E-state index is -0.698. The molecule has 100 valence electrons. The molecule has 0 amide bonds. The summed E-state index contributed by atoms with van der Waals surface area (Å²) in [6, 6.07) is 1.26. The number of ether oxygens (including phenoxy) is 2. The second kappa shape index (κ2) is 5.47. The van der Waals surface area contributed by atoms with E-state index in [4.69, 9.17) is 9.47 Å². The van der Waals surface area contributed by atoms with Gasteiger partial charge in [0, 0.05) is 25.3 Å². The largest absolute Gasteiger partial charge is 0.394 e. The van der Waals surface area contributed by atoms with Crippen molar-refractivity contribution in [3.63, 3.8) is 0 Å². The van der Waals surface area contributed by atoms with Crippen molar-refractivity contribution in [2.24, 2.45) is 0 Å². The summed E-state index contributed by atoms with van der Waals surface area (Å²) in [4.78, 5) is 25.7. The van der Waals surface area contributed by atoms with Crippen LogP contribution in [0.2, 0.25) is 0 Å². The van der Waals surface area contributed by atoms with E-state index in [2.05, 4.69) is 4.98 Å². The van der Waals surface area contributed by atoms with Gasteiger partial charge in [-0.1, -0.05) is 0 Å². The second-order valence-electron chi connectivity index (χ2n) is 4.03. The number of aromatic amines is 1. The third kappa shape index (κ3) is 2.38. The Bertz CT molecular complexity index is 480. The van der Waals surface area contributed by atoms with Crippen molar-refractivity contribution in [3.05, 3.63) is 33.1 Å². The Morgan fingerprint density at radius 3 is 3.00 bits per heavy atom. The zero-order valence-corrected chi connectivity index (χ0v) is 10.0. The third-order valence-electron chi connectivity index (χ3n) is 2.92. The molecule has 1 aromatic heterocycles. The van der Waals surface area contributed by atoms with E-state index in [0.29, 0.717) is 13.0 Å². The van der Waals surface area contributed by atoms with Crippen molar-refractivity contribution in [2.75, 3.05) is 13.2 Å². The molecular formula is C11H16N2O5. The molecule has 1 saturated heterocycles. The Kier molecular flexibility index (Phi) is 3.95. The first kappa shape index (κ1) is 13.0. The Labute approximate surface area is 103 Å². The summed E-state index contributed by atoms with van der Waals surface area (Å²) < 4.78 is 11.9. The highest BCUT2D eigenvalue weighted by Crippen LogP contribution is 2.28. The van der Waals surface area contributed by atoms with E-state index in [0.717, 1.165) is 4.57 Å². The van der Waals surface area contributed by atoms with Gasteiger partial charge in [0.05, 0.1) is 12.7 Å². The summed E-state index contributed by atoms with van der Waals surface area (Å²) in [5.41, 5.74) is -0.959. The number of nitrogens with zero attached hydrogens (tertiary/aromatic N) is 1. The normalized spacial score (nSPS) is 27.6. The Morgan fingerprint density at radius 2 is 2.39 bits per heavy atom. The lowest BCUT2D eigenvalue weighted by molar-refractivity contribution is -0.0610. The van der Waals surface area contributed by atoms with E-state index in [1.165, 1.54) is 12.3 Å². The third-order valence-corrected chi connectivity index (χ3v) is 2.92. The summed E-state index contributed by atoms with van der Waals surface area (Å²) in [6.07, 6.45) is 0.139. The van der Waals surface area contributed by atoms with Crippen LogP contribution in [-0.4, -0.2) is 40.1 Å². The zero-order valence-electron chi connectivity index (χ0n) is 10.0. The maximum absolute atomic E-state index is 11.6. The van der Waals surface area contributed by atoms with Gasteiger partial charge in [0.15, 0.2) is 0 Å². The van der Waals surface area contributed by atoms with Crippen LogP contribution in [0.4, 0.5) is 0 Å². The first-order valence-corrected chi connectivity index (χ1v) is 5.85. The van der Waals surface area contributed by atoms with Crippen LogP contribution in [0.15, 0.2) is 21.9 Å². The standard InChI is InChI=1S/C11H16N2O5/c1-2-17-7-5-10(18-8(7)6-14)13-9(15)3-4-12-11(13)16/h3-4,7-8,10,14H,2,5-6H2,1H3,(H,12,16)/t7?,8-,10-/m1/s1. The molecular weight excluding hydrogens is 240 g/mol. The summed E-state index contributed by atoms with van der Waals surface area (Å²) in [7, 11) is 0. The lowest BCUT2D eigenvalue weighted by atomic mass is 10.2. The highest BCUT2D eigenvalue weighted by atomic mass is 16.6. The number of hydrogen-bond donors (Lipinski definition) is 2. The molecule has 2 heterocycles. The van der Waals surface area contributed by atoms with Crippen molar-refractivity contribution in [1.29, 1.82) is 0 Å². The molecule has 1 aliphatic rings. The van der Waals surface area contributed by atoms with Gasteiger partial charge in [-0.2, -0.15) is 0 Å². The highest BCUT2D eigenvalue weighted by Gasteiger charge is 2.37.